The minimum absolute atomic E-state index is 0.182. The fourth-order valence-corrected chi connectivity index (χ4v) is 5.15. The molecular formula is C22H31N3O4S. The van der Waals surface area contributed by atoms with Crippen LogP contribution in [0.25, 0.3) is 0 Å². The molecular weight excluding hydrogens is 402 g/mol. The second kappa shape index (κ2) is 10.7. The van der Waals surface area contributed by atoms with Crippen molar-refractivity contribution in [1.29, 1.82) is 0 Å². The summed E-state index contributed by atoms with van der Waals surface area (Å²) in [5.41, 5.74) is 1.58. The summed E-state index contributed by atoms with van der Waals surface area (Å²) in [4.78, 5) is 12.7. The molecule has 0 bridgehead atoms. The van der Waals surface area contributed by atoms with E-state index in [1.54, 1.807) is 11.6 Å². The van der Waals surface area contributed by atoms with Gasteiger partial charge in [-0.3, -0.25) is 4.79 Å². The number of ether oxygens (including phenoxy) is 1. The van der Waals surface area contributed by atoms with Crippen LogP contribution in [0.2, 0.25) is 0 Å². The summed E-state index contributed by atoms with van der Waals surface area (Å²) in [6.07, 6.45) is 5.91. The maximum atomic E-state index is 12.8. The highest BCUT2D eigenvalue weighted by Gasteiger charge is 2.28. The monoisotopic (exact) mass is 433 g/mol. The maximum absolute atomic E-state index is 12.8. The van der Waals surface area contributed by atoms with Crippen LogP contribution in [-0.2, 0) is 28.2 Å². The fourth-order valence-electron chi connectivity index (χ4n) is 3.56. The standard InChI is InChI=1S/C22H31N3O4S/c1-24-18-20(30(27,28)25-13-6-3-7-14-25)17-21(24)22(26)23-12-8-15-29-16-11-19-9-4-2-5-10-19/h2,4-5,9-10,17-18H,3,6-8,11-16H2,1H3,(H,23,26). The van der Waals surface area contributed by atoms with Gasteiger partial charge in [0, 0.05) is 39.5 Å². The number of carbonyl (C=O) groups is 1. The molecule has 1 aromatic carbocycles. The van der Waals surface area contributed by atoms with Crippen LogP contribution in [0.5, 0.6) is 0 Å². The van der Waals surface area contributed by atoms with Crippen molar-refractivity contribution in [2.24, 2.45) is 7.05 Å². The molecule has 1 aliphatic heterocycles. The number of hydrogen-bond acceptors (Lipinski definition) is 4. The number of hydrogen-bond donors (Lipinski definition) is 1. The quantitative estimate of drug-likeness (QED) is 0.584. The zero-order valence-electron chi connectivity index (χ0n) is 17.5. The number of nitrogens with zero attached hydrogens (tertiary/aromatic N) is 2. The maximum Gasteiger partial charge on any atom is 0.267 e. The lowest BCUT2D eigenvalue weighted by molar-refractivity contribution is 0.0934. The molecule has 1 aliphatic rings. The summed E-state index contributed by atoms with van der Waals surface area (Å²) in [6, 6.07) is 11.6. The van der Waals surface area contributed by atoms with E-state index >= 15 is 0 Å². The van der Waals surface area contributed by atoms with Crippen LogP contribution in [-0.4, -0.2) is 56.0 Å². The zero-order valence-corrected chi connectivity index (χ0v) is 18.4. The van der Waals surface area contributed by atoms with Crippen molar-refractivity contribution >= 4 is 15.9 Å². The van der Waals surface area contributed by atoms with Crippen molar-refractivity contribution in [3.8, 4) is 0 Å². The van der Waals surface area contributed by atoms with Crippen molar-refractivity contribution < 1.29 is 17.9 Å². The average molecular weight is 434 g/mol. The molecule has 1 saturated heterocycles. The van der Waals surface area contributed by atoms with E-state index in [0.29, 0.717) is 45.0 Å². The molecule has 0 radical (unpaired) electrons. The highest BCUT2D eigenvalue weighted by atomic mass is 32.2. The Labute approximate surface area is 179 Å². The van der Waals surface area contributed by atoms with E-state index in [2.05, 4.69) is 17.4 Å². The van der Waals surface area contributed by atoms with Gasteiger partial charge < -0.3 is 14.6 Å². The Bertz CT molecular complexity index is 919. The fraction of sp³-hybridized carbons (Fsp3) is 0.500. The zero-order chi connectivity index (χ0) is 21.4. The van der Waals surface area contributed by atoms with E-state index in [-0.39, 0.29) is 10.8 Å². The van der Waals surface area contributed by atoms with E-state index < -0.39 is 10.0 Å². The van der Waals surface area contributed by atoms with Gasteiger partial charge in [-0.05, 0) is 37.3 Å². The van der Waals surface area contributed by atoms with Crippen molar-refractivity contribution in [2.45, 2.75) is 37.0 Å². The van der Waals surface area contributed by atoms with Gasteiger partial charge in [-0.25, -0.2) is 8.42 Å². The molecule has 1 fully saturated rings. The Morgan fingerprint density at radius 3 is 2.57 bits per heavy atom. The lowest BCUT2D eigenvalue weighted by atomic mass is 10.2. The molecule has 8 heteroatoms. The summed E-state index contributed by atoms with van der Waals surface area (Å²) in [7, 11) is -1.85. The Morgan fingerprint density at radius 1 is 1.10 bits per heavy atom. The topological polar surface area (TPSA) is 80.6 Å². The van der Waals surface area contributed by atoms with E-state index in [9.17, 15) is 13.2 Å². The normalized spacial score (nSPS) is 15.2. The summed E-state index contributed by atoms with van der Waals surface area (Å²) < 4.78 is 34.3. The molecule has 1 aromatic heterocycles. The number of carbonyl (C=O) groups excluding carboxylic acids is 1. The molecule has 0 saturated carbocycles. The molecule has 3 rings (SSSR count). The number of amides is 1. The van der Waals surface area contributed by atoms with Crippen molar-refractivity contribution in [2.75, 3.05) is 32.8 Å². The van der Waals surface area contributed by atoms with E-state index in [1.165, 1.54) is 22.1 Å². The minimum Gasteiger partial charge on any atom is -0.381 e. The first-order valence-electron chi connectivity index (χ1n) is 10.5. The molecule has 0 spiro atoms. The van der Waals surface area contributed by atoms with E-state index in [1.807, 2.05) is 18.2 Å². The Morgan fingerprint density at radius 2 is 1.83 bits per heavy atom. The molecule has 1 N–H and O–H groups in total. The van der Waals surface area contributed by atoms with E-state index in [0.717, 1.165) is 25.7 Å². The van der Waals surface area contributed by atoms with Gasteiger partial charge in [0.05, 0.1) is 6.61 Å². The molecule has 7 nitrogen and oxygen atoms in total. The summed E-state index contributed by atoms with van der Waals surface area (Å²) in [5, 5.41) is 2.84. The smallest absolute Gasteiger partial charge is 0.267 e. The molecule has 0 atom stereocenters. The van der Waals surface area contributed by atoms with Crippen LogP contribution in [0.1, 0.15) is 41.7 Å². The number of nitrogens with one attached hydrogen (secondary N) is 1. The van der Waals surface area contributed by atoms with Gasteiger partial charge in [-0.2, -0.15) is 4.31 Å². The van der Waals surface area contributed by atoms with Crippen molar-refractivity contribution in [3.63, 3.8) is 0 Å². The first kappa shape index (κ1) is 22.5. The Balaban J connectivity index is 1.42. The van der Waals surface area contributed by atoms with E-state index in [4.69, 9.17) is 4.74 Å². The predicted octanol–water partition coefficient (Wildman–Crippen LogP) is 2.58. The molecule has 164 valence electrons. The third kappa shape index (κ3) is 5.93. The highest BCUT2D eigenvalue weighted by molar-refractivity contribution is 7.89. The van der Waals surface area contributed by atoms with Crippen LogP contribution >= 0.6 is 0 Å². The van der Waals surface area contributed by atoms with Crippen LogP contribution in [0.15, 0.2) is 47.5 Å². The summed E-state index contributed by atoms with van der Waals surface area (Å²) >= 11 is 0. The van der Waals surface area contributed by atoms with Gasteiger partial charge in [-0.1, -0.05) is 36.8 Å². The largest absolute Gasteiger partial charge is 0.381 e. The Hall–Kier alpha value is -2.16. The summed E-state index contributed by atoms with van der Waals surface area (Å²) in [5.74, 6) is -0.276. The van der Waals surface area contributed by atoms with Gasteiger partial charge in [0.15, 0.2) is 0 Å². The van der Waals surface area contributed by atoms with Gasteiger partial charge in [0.25, 0.3) is 5.91 Å². The molecule has 2 aromatic rings. The minimum atomic E-state index is -3.54. The van der Waals surface area contributed by atoms with Gasteiger partial charge in [0.2, 0.25) is 10.0 Å². The molecule has 0 unspecified atom stereocenters. The van der Waals surface area contributed by atoms with Crippen molar-refractivity contribution in [1.82, 2.24) is 14.2 Å². The van der Waals surface area contributed by atoms with Crippen LogP contribution in [0.3, 0.4) is 0 Å². The van der Waals surface area contributed by atoms with Crippen LogP contribution in [0.4, 0.5) is 0 Å². The third-order valence-corrected chi connectivity index (χ3v) is 7.16. The number of rotatable bonds is 10. The SMILES string of the molecule is Cn1cc(S(=O)(=O)N2CCCCC2)cc1C(=O)NCCCOCCc1ccccc1. The lowest BCUT2D eigenvalue weighted by Gasteiger charge is -2.25. The Kier molecular flexibility index (Phi) is 8.07. The number of piperidine rings is 1. The number of sulfonamides is 1. The first-order chi connectivity index (χ1) is 14.5. The second-order valence-corrected chi connectivity index (χ2v) is 9.53. The number of aryl methyl sites for hydroxylation is 1. The molecule has 0 aliphatic carbocycles. The average Bonchev–Trinajstić information content (AvgIpc) is 3.17. The predicted molar refractivity (Wildman–Crippen MR) is 116 cm³/mol. The van der Waals surface area contributed by atoms with Crippen LogP contribution < -0.4 is 5.32 Å². The van der Waals surface area contributed by atoms with Gasteiger partial charge in [-0.15, -0.1) is 0 Å². The van der Waals surface area contributed by atoms with Crippen LogP contribution in [0, 0.1) is 0 Å². The van der Waals surface area contributed by atoms with Crippen molar-refractivity contribution in [3.05, 3.63) is 53.9 Å². The third-order valence-electron chi connectivity index (χ3n) is 5.29. The number of benzene rings is 1. The molecule has 1 amide bonds. The second-order valence-electron chi connectivity index (χ2n) is 7.59. The van der Waals surface area contributed by atoms with Gasteiger partial charge >= 0.3 is 0 Å². The number of aromatic nitrogens is 1. The van der Waals surface area contributed by atoms with Gasteiger partial charge in [0.1, 0.15) is 10.6 Å². The molecule has 2 heterocycles. The highest BCUT2D eigenvalue weighted by Crippen LogP contribution is 2.22. The molecule has 30 heavy (non-hydrogen) atoms. The lowest BCUT2D eigenvalue weighted by Crippen LogP contribution is -2.35. The summed E-state index contributed by atoms with van der Waals surface area (Å²) in [6.45, 7) is 2.78. The first-order valence-corrected chi connectivity index (χ1v) is 12.0.